The number of rotatable bonds is 4. The van der Waals surface area contributed by atoms with Crippen LogP contribution >= 0.6 is 11.6 Å². The van der Waals surface area contributed by atoms with Crippen LogP contribution in [0, 0.1) is 0 Å². The topological polar surface area (TPSA) is 38.5 Å². The number of ether oxygens (including phenoxy) is 1. The first-order valence-electron chi connectivity index (χ1n) is 7.77. The van der Waals surface area contributed by atoms with Gasteiger partial charge in [0.2, 0.25) is 0 Å². The van der Waals surface area contributed by atoms with Crippen molar-refractivity contribution in [1.82, 2.24) is 0 Å². The van der Waals surface area contributed by atoms with E-state index in [9.17, 15) is 0 Å². The SMILES string of the molecule is CCC(N)Cc1ccc(N2CC(C)OC(C)(C)C2)c(Cl)c1. The van der Waals surface area contributed by atoms with E-state index in [-0.39, 0.29) is 17.7 Å². The van der Waals surface area contributed by atoms with E-state index in [0.717, 1.165) is 36.6 Å². The molecule has 3 nitrogen and oxygen atoms in total. The fraction of sp³-hybridized carbons (Fsp3) is 0.647. The van der Waals surface area contributed by atoms with Crippen LogP contribution in [-0.2, 0) is 11.2 Å². The van der Waals surface area contributed by atoms with Crippen LogP contribution in [0.5, 0.6) is 0 Å². The normalized spacial score (nSPS) is 23.1. The zero-order valence-corrected chi connectivity index (χ0v) is 14.3. The lowest BCUT2D eigenvalue weighted by Gasteiger charge is -2.43. The number of benzene rings is 1. The number of halogens is 1. The van der Waals surface area contributed by atoms with Gasteiger partial charge in [0, 0.05) is 19.1 Å². The van der Waals surface area contributed by atoms with Gasteiger partial charge in [0.25, 0.3) is 0 Å². The van der Waals surface area contributed by atoms with Gasteiger partial charge in [-0.1, -0.05) is 24.6 Å². The minimum atomic E-state index is -0.149. The molecular weight excluding hydrogens is 284 g/mol. The van der Waals surface area contributed by atoms with Gasteiger partial charge in [-0.15, -0.1) is 0 Å². The third-order valence-corrected chi connectivity index (χ3v) is 4.25. The molecule has 1 fully saturated rings. The molecule has 1 aliphatic rings. The maximum Gasteiger partial charge on any atom is 0.0805 e. The van der Waals surface area contributed by atoms with Gasteiger partial charge in [-0.25, -0.2) is 0 Å². The Balaban J connectivity index is 2.17. The number of nitrogens with two attached hydrogens (primary N) is 1. The molecular formula is C17H27ClN2O. The molecule has 0 radical (unpaired) electrons. The molecule has 0 amide bonds. The summed E-state index contributed by atoms with van der Waals surface area (Å²) < 4.78 is 5.95. The second-order valence-corrected chi connectivity index (χ2v) is 7.13. The van der Waals surface area contributed by atoms with E-state index in [4.69, 9.17) is 22.1 Å². The Morgan fingerprint density at radius 1 is 1.48 bits per heavy atom. The molecule has 0 spiro atoms. The quantitative estimate of drug-likeness (QED) is 0.923. The van der Waals surface area contributed by atoms with Gasteiger partial charge < -0.3 is 15.4 Å². The van der Waals surface area contributed by atoms with Crippen LogP contribution < -0.4 is 10.6 Å². The minimum Gasteiger partial charge on any atom is -0.369 e. The molecule has 1 heterocycles. The zero-order chi connectivity index (χ0) is 15.6. The van der Waals surface area contributed by atoms with Gasteiger partial charge in [-0.2, -0.15) is 0 Å². The molecule has 1 aromatic carbocycles. The van der Waals surface area contributed by atoms with Crippen molar-refractivity contribution in [2.75, 3.05) is 18.0 Å². The number of morpholine rings is 1. The van der Waals surface area contributed by atoms with Crippen LogP contribution in [0.1, 0.15) is 39.7 Å². The van der Waals surface area contributed by atoms with Crippen molar-refractivity contribution in [3.05, 3.63) is 28.8 Å². The van der Waals surface area contributed by atoms with Crippen LogP contribution in [0.25, 0.3) is 0 Å². The summed E-state index contributed by atoms with van der Waals surface area (Å²) in [5.41, 5.74) is 8.17. The van der Waals surface area contributed by atoms with Crippen LogP contribution in [0.2, 0.25) is 5.02 Å². The highest BCUT2D eigenvalue weighted by Gasteiger charge is 2.32. The van der Waals surface area contributed by atoms with E-state index < -0.39 is 0 Å². The molecule has 21 heavy (non-hydrogen) atoms. The number of hydrogen-bond acceptors (Lipinski definition) is 3. The first-order chi connectivity index (χ1) is 9.80. The molecule has 2 atom stereocenters. The smallest absolute Gasteiger partial charge is 0.0805 e. The number of hydrogen-bond donors (Lipinski definition) is 1. The summed E-state index contributed by atoms with van der Waals surface area (Å²) in [7, 11) is 0. The maximum absolute atomic E-state index is 6.51. The molecule has 2 N–H and O–H groups in total. The Bertz CT molecular complexity index is 490. The Morgan fingerprint density at radius 3 is 2.76 bits per heavy atom. The average Bonchev–Trinajstić information content (AvgIpc) is 2.36. The summed E-state index contributed by atoms with van der Waals surface area (Å²) in [6, 6.07) is 6.52. The van der Waals surface area contributed by atoms with Crippen LogP contribution in [0.15, 0.2) is 18.2 Å². The van der Waals surface area contributed by atoms with Gasteiger partial charge in [-0.05, 0) is 51.3 Å². The van der Waals surface area contributed by atoms with Crippen molar-refractivity contribution < 1.29 is 4.74 Å². The Hall–Kier alpha value is -0.770. The van der Waals surface area contributed by atoms with Crippen LogP contribution in [0.3, 0.4) is 0 Å². The second kappa shape index (κ2) is 6.55. The predicted octanol–water partition coefficient (Wildman–Crippen LogP) is 3.62. The molecule has 0 aromatic heterocycles. The van der Waals surface area contributed by atoms with Gasteiger partial charge in [-0.3, -0.25) is 0 Å². The van der Waals surface area contributed by atoms with E-state index in [1.807, 2.05) is 0 Å². The van der Waals surface area contributed by atoms with E-state index in [1.54, 1.807) is 0 Å². The van der Waals surface area contributed by atoms with Crippen molar-refractivity contribution in [2.45, 2.75) is 58.3 Å². The first kappa shape index (κ1) is 16.6. The summed E-state index contributed by atoms with van der Waals surface area (Å²) in [4.78, 5) is 2.32. The molecule has 2 unspecified atom stereocenters. The van der Waals surface area contributed by atoms with E-state index >= 15 is 0 Å². The average molecular weight is 311 g/mol. The van der Waals surface area contributed by atoms with E-state index in [2.05, 4.69) is 50.8 Å². The highest BCUT2D eigenvalue weighted by molar-refractivity contribution is 6.33. The molecule has 118 valence electrons. The van der Waals surface area contributed by atoms with Gasteiger partial charge in [0.05, 0.1) is 22.4 Å². The standard InChI is InChI=1S/C17H27ClN2O/c1-5-14(19)8-13-6-7-16(15(18)9-13)20-10-12(2)21-17(3,4)11-20/h6-7,9,12,14H,5,8,10-11,19H2,1-4H3. The highest BCUT2D eigenvalue weighted by atomic mass is 35.5. The number of anilines is 1. The number of nitrogens with zero attached hydrogens (tertiary/aromatic N) is 1. The molecule has 1 saturated heterocycles. The molecule has 2 rings (SSSR count). The van der Waals surface area contributed by atoms with Crippen molar-refractivity contribution in [2.24, 2.45) is 5.73 Å². The summed E-state index contributed by atoms with van der Waals surface area (Å²) in [6.07, 6.45) is 2.06. The first-order valence-corrected chi connectivity index (χ1v) is 8.15. The van der Waals surface area contributed by atoms with Crippen molar-refractivity contribution >= 4 is 17.3 Å². The zero-order valence-electron chi connectivity index (χ0n) is 13.5. The molecule has 4 heteroatoms. The Labute approximate surface area is 133 Å². The van der Waals surface area contributed by atoms with Gasteiger partial charge >= 0.3 is 0 Å². The van der Waals surface area contributed by atoms with Gasteiger partial charge in [0.1, 0.15) is 0 Å². The Kier molecular flexibility index (Phi) is 5.18. The maximum atomic E-state index is 6.51. The molecule has 0 saturated carbocycles. The summed E-state index contributed by atoms with van der Waals surface area (Å²) in [6.45, 7) is 10.2. The lowest BCUT2D eigenvalue weighted by Crippen LogP contribution is -2.52. The highest BCUT2D eigenvalue weighted by Crippen LogP contribution is 2.32. The van der Waals surface area contributed by atoms with Crippen molar-refractivity contribution in [1.29, 1.82) is 0 Å². The third kappa shape index (κ3) is 4.35. The lowest BCUT2D eigenvalue weighted by atomic mass is 10.0. The van der Waals surface area contributed by atoms with Crippen LogP contribution in [-0.4, -0.2) is 30.8 Å². The molecule has 0 bridgehead atoms. The summed E-state index contributed by atoms with van der Waals surface area (Å²) in [5.74, 6) is 0. The molecule has 0 aliphatic carbocycles. The van der Waals surface area contributed by atoms with Gasteiger partial charge in [0.15, 0.2) is 0 Å². The fourth-order valence-electron chi connectivity index (χ4n) is 3.02. The van der Waals surface area contributed by atoms with Crippen molar-refractivity contribution in [3.8, 4) is 0 Å². The summed E-state index contributed by atoms with van der Waals surface area (Å²) in [5, 5.41) is 0.806. The third-order valence-electron chi connectivity index (χ3n) is 3.94. The van der Waals surface area contributed by atoms with Crippen LogP contribution in [0.4, 0.5) is 5.69 Å². The molecule has 1 aliphatic heterocycles. The largest absolute Gasteiger partial charge is 0.369 e. The summed E-state index contributed by atoms with van der Waals surface area (Å²) >= 11 is 6.51. The van der Waals surface area contributed by atoms with E-state index in [0.29, 0.717) is 0 Å². The lowest BCUT2D eigenvalue weighted by molar-refractivity contribution is -0.0749. The minimum absolute atomic E-state index is 0.149. The van der Waals surface area contributed by atoms with E-state index in [1.165, 1.54) is 5.56 Å². The predicted molar refractivity (Wildman–Crippen MR) is 90.3 cm³/mol. The monoisotopic (exact) mass is 310 g/mol. The Morgan fingerprint density at radius 2 is 2.19 bits per heavy atom. The fourth-order valence-corrected chi connectivity index (χ4v) is 3.34. The second-order valence-electron chi connectivity index (χ2n) is 6.73. The van der Waals surface area contributed by atoms with Crippen molar-refractivity contribution in [3.63, 3.8) is 0 Å². The molecule has 1 aromatic rings.